The molecule has 0 radical (unpaired) electrons. The summed E-state index contributed by atoms with van der Waals surface area (Å²) in [4.78, 5) is 0. The van der Waals surface area contributed by atoms with Gasteiger partial charge in [-0.2, -0.15) is 18.3 Å². The van der Waals surface area contributed by atoms with Crippen LogP contribution in [-0.2, 0) is 6.18 Å². The Morgan fingerprint density at radius 2 is 1.86 bits per heavy atom. The zero-order valence-electron chi connectivity index (χ0n) is 11.6. The Balaban J connectivity index is 2.36. The van der Waals surface area contributed by atoms with Gasteiger partial charge in [-0.05, 0) is 24.6 Å². The molecule has 2 aromatic rings. The summed E-state index contributed by atoms with van der Waals surface area (Å²) in [6, 6.07) is 6.12. The SMILES string of the molecule is COc1ccc(C(C(C)N)n2cc(C(F)(F)F)cn2)cc1. The van der Waals surface area contributed by atoms with Crippen LogP contribution < -0.4 is 10.5 Å². The lowest BCUT2D eigenvalue weighted by molar-refractivity contribution is -0.137. The minimum Gasteiger partial charge on any atom is -0.497 e. The molecular weight excluding hydrogens is 283 g/mol. The van der Waals surface area contributed by atoms with E-state index in [1.54, 1.807) is 38.3 Å². The predicted molar refractivity (Wildman–Crippen MR) is 72.0 cm³/mol. The number of hydrogen-bond donors (Lipinski definition) is 1. The quantitative estimate of drug-likeness (QED) is 0.944. The first kappa shape index (κ1) is 15.4. The fourth-order valence-corrected chi connectivity index (χ4v) is 2.13. The molecular formula is C14H16F3N3O. The molecule has 2 N–H and O–H groups in total. The van der Waals surface area contributed by atoms with Gasteiger partial charge in [0, 0.05) is 12.2 Å². The highest BCUT2D eigenvalue weighted by Crippen LogP contribution is 2.30. The normalized spacial score (nSPS) is 14.8. The zero-order chi connectivity index (χ0) is 15.6. The number of hydrogen-bond acceptors (Lipinski definition) is 3. The largest absolute Gasteiger partial charge is 0.497 e. The first-order chi connectivity index (χ1) is 9.82. The van der Waals surface area contributed by atoms with Gasteiger partial charge in [0.05, 0.1) is 24.9 Å². The molecule has 21 heavy (non-hydrogen) atoms. The highest BCUT2D eigenvalue weighted by Gasteiger charge is 2.33. The molecule has 7 heteroatoms. The highest BCUT2D eigenvalue weighted by molar-refractivity contribution is 5.30. The second kappa shape index (κ2) is 5.77. The van der Waals surface area contributed by atoms with Crippen molar-refractivity contribution in [2.75, 3.05) is 7.11 Å². The molecule has 0 amide bonds. The monoisotopic (exact) mass is 299 g/mol. The molecule has 2 atom stereocenters. The van der Waals surface area contributed by atoms with E-state index in [0.29, 0.717) is 5.75 Å². The third-order valence-electron chi connectivity index (χ3n) is 3.17. The Morgan fingerprint density at radius 3 is 2.29 bits per heavy atom. The van der Waals surface area contributed by atoms with E-state index in [2.05, 4.69) is 5.10 Å². The van der Waals surface area contributed by atoms with Crippen LogP contribution in [0.25, 0.3) is 0 Å². The Labute approximate surface area is 120 Å². The van der Waals surface area contributed by atoms with Gasteiger partial charge in [0.25, 0.3) is 0 Å². The number of alkyl halides is 3. The smallest absolute Gasteiger partial charge is 0.419 e. The lowest BCUT2D eigenvalue weighted by Crippen LogP contribution is -2.30. The van der Waals surface area contributed by atoms with E-state index >= 15 is 0 Å². The average molecular weight is 299 g/mol. The van der Waals surface area contributed by atoms with Crippen LogP contribution in [0.2, 0.25) is 0 Å². The lowest BCUT2D eigenvalue weighted by atomic mass is 10.0. The molecule has 2 unspecified atom stereocenters. The van der Waals surface area contributed by atoms with E-state index in [1.807, 2.05) is 0 Å². The number of halogens is 3. The second-order valence-corrected chi connectivity index (χ2v) is 4.78. The number of methoxy groups -OCH3 is 1. The Morgan fingerprint density at radius 1 is 1.24 bits per heavy atom. The molecule has 0 bridgehead atoms. The topological polar surface area (TPSA) is 53.1 Å². The molecule has 1 aromatic carbocycles. The van der Waals surface area contributed by atoms with E-state index in [1.165, 1.54) is 4.68 Å². The fraction of sp³-hybridized carbons (Fsp3) is 0.357. The third kappa shape index (κ3) is 3.36. The van der Waals surface area contributed by atoms with Gasteiger partial charge in [-0.15, -0.1) is 0 Å². The molecule has 1 heterocycles. The van der Waals surface area contributed by atoms with Crippen molar-refractivity contribution >= 4 is 0 Å². The summed E-state index contributed by atoms with van der Waals surface area (Å²) in [5, 5.41) is 3.81. The minimum absolute atomic E-state index is 0.403. The van der Waals surface area contributed by atoms with Crippen molar-refractivity contribution in [3.63, 3.8) is 0 Å². The number of rotatable bonds is 4. The van der Waals surface area contributed by atoms with Gasteiger partial charge < -0.3 is 10.5 Å². The summed E-state index contributed by atoms with van der Waals surface area (Å²) in [6.45, 7) is 1.73. The van der Waals surface area contributed by atoms with E-state index < -0.39 is 23.8 Å². The molecule has 0 aliphatic carbocycles. The van der Waals surface area contributed by atoms with Crippen LogP contribution in [0.1, 0.15) is 24.1 Å². The van der Waals surface area contributed by atoms with Gasteiger partial charge in [0.15, 0.2) is 0 Å². The molecule has 0 spiro atoms. The van der Waals surface area contributed by atoms with E-state index in [9.17, 15) is 13.2 Å². The van der Waals surface area contributed by atoms with E-state index in [-0.39, 0.29) is 0 Å². The van der Waals surface area contributed by atoms with Crippen LogP contribution in [0.3, 0.4) is 0 Å². The molecule has 0 aliphatic rings. The van der Waals surface area contributed by atoms with Crippen LogP contribution in [0.15, 0.2) is 36.7 Å². The molecule has 4 nitrogen and oxygen atoms in total. The third-order valence-corrected chi connectivity index (χ3v) is 3.17. The van der Waals surface area contributed by atoms with Crippen molar-refractivity contribution in [3.8, 4) is 5.75 Å². The molecule has 0 saturated heterocycles. The van der Waals surface area contributed by atoms with Crippen molar-refractivity contribution in [2.24, 2.45) is 5.73 Å². The van der Waals surface area contributed by atoms with E-state index in [4.69, 9.17) is 10.5 Å². The molecule has 114 valence electrons. The van der Waals surface area contributed by atoms with Gasteiger partial charge in [-0.25, -0.2) is 0 Å². The van der Waals surface area contributed by atoms with Gasteiger partial charge >= 0.3 is 6.18 Å². The van der Waals surface area contributed by atoms with Crippen molar-refractivity contribution in [2.45, 2.75) is 25.2 Å². The van der Waals surface area contributed by atoms with E-state index in [0.717, 1.165) is 18.0 Å². The molecule has 0 saturated carbocycles. The first-order valence-electron chi connectivity index (χ1n) is 6.34. The van der Waals surface area contributed by atoms with Crippen LogP contribution in [-0.4, -0.2) is 22.9 Å². The Bertz CT molecular complexity index is 590. The van der Waals surface area contributed by atoms with Crippen LogP contribution in [0.5, 0.6) is 5.75 Å². The van der Waals surface area contributed by atoms with Crippen molar-refractivity contribution in [1.29, 1.82) is 0 Å². The number of nitrogens with zero attached hydrogens (tertiary/aromatic N) is 2. The molecule has 1 aromatic heterocycles. The lowest BCUT2D eigenvalue weighted by Gasteiger charge is -2.22. The minimum atomic E-state index is -4.42. The summed E-state index contributed by atoms with van der Waals surface area (Å²) >= 11 is 0. The van der Waals surface area contributed by atoms with Crippen molar-refractivity contribution < 1.29 is 17.9 Å². The van der Waals surface area contributed by atoms with Crippen LogP contribution in [0.4, 0.5) is 13.2 Å². The second-order valence-electron chi connectivity index (χ2n) is 4.78. The average Bonchev–Trinajstić information content (AvgIpc) is 2.89. The van der Waals surface area contributed by atoms with Crippen molar-refractivity contribution in [3.05, 3.63) is 47.8 Å². The Hall–Kier alpha value is -2.02. The summed E-state index contributed by atoms with van der Waals surface area (Å²) in [6.07, 6.45) is -2.64. The Kier molecular flexibility index (Phi) is 4.22. The highest BCUT2D eigenvalue weighted by atomic mass is 19.4. The molecule has 0 fully saturated rings. The molecule has 2 rings (SSSR count). The number of nitrogens with two attached hydrogens (primary N) is 1. The van der Waals surface area contributed by atoms with Crippen LogP contribution in [0, 0.1) is 0 Å². The number of ether oxygens (including phenoxy) is 1. The maximum Gasteiger partial charge on any atom is 0.419 e. The zero-order valence-corrected chi connectivity index (χ0v) is 11.6. The van der Waals surface area contributed by atoms with Gasteiger partial charge in [-0.3, -0.25) is 4.68 Å². The fourth-order valence-electron chi connectivity index (χ4n) is 2.13. The first-order valence-corrected chi connectivity index (χ1v) is 6.34. The number of aromatic nitrogens is 2. The van der Waals surface area contributed by atoms with Crippen molar-refractivity contribution in [1.82, 2.24) is 9.78 Å². The van der Waals surface area contributed by atoms with Crippen LogP contribution >= 0.6 is 0 Å². The number of benzene rings is 1. The van der Waals surface area contributed by atoms with Gasteiger partial charge in [-0.1, -0.05) is 12.1 Å². The van der Waals surface area contributed by atoms with Gasteiger partial charge in [0.2, 0.25) is 0 Å². The summed E-state index contributed by atoms with van der Waals surface area (Å²) < 4.78 is 44.3. The summed E-state index contributed by atoms with van der Waals surface area (Å²) in [5.41, 5.74) is 5.89. The predicted octanol–water partition coefficient (Wildman–Crippen LogP) is 2.85. The summed E-state index contributed by atoms with van der Waals surface area (Å²) in [7, 11) is 1.54. The summed E-state index contributed by atoms with van der Waals surface area (Å²) in [5.74, 6) is 0.665. The standard InChI is InChI=1S/C14H16F3N3O/c1-9(18)13(10-3-5-12(21-2)6-4-10)20-8-11(7-19-20)14(15,16)17/h3-9,13H,18H2,1-2H3. The molecule has 0 aliphatic heterocycles. The maximum atomic E-state index is 12.7. The van der Waals surface area contributed by atoms with Gasteiger partial charge in [0.1, 0.15) is 5.75 Å². The maximum absolute atomic E-state index is 12.7.